The van der Waals surface area contributed by atoms with Crippen LogP contribution in [0.15, 0.2) is 25.3 Å². The fraction of sp³-hybridized carbons (Fsp3) is 0.667. The van der Waals surface area contributed by atoms with Crippen molar-refractivity contribution in [3.63, 3.8) is 0 Å². The van der Waals surface area contributed by atoms with Crippen molar-refractivity contribution in [2.24, 2.45) is 0 Å². The van der Waals surface area contributed by atoms with E-state index in [1.165, 1.54) is 0 Å². The number of hydrogen-bond acceptors (Lipinski definition) is 3. The lowest BCUT2D eigenvalue weighted by molar-refractivity contribution is 0.186. The maximum Gasteiger partial charge on any atom is 0.177 e. The Labute approximate surface area is 108 Å². The summed E-state index contributed by atoms with van der Waals surface area (Å²) >= 11 is 0. The number of rotatable bonds is 7. The van der Waals surface area contributed by atoms with E-state index in [-0.39, 0.29) is 13.2 Å². The van der Waals surface area contributed by atoms with Crippen molar-refractivity contribution in [1.29, 1.82) is 0 Å². The molecule has 17 heavy (non-hydrogen) atoms. The Bertz CT molecular complexity index is 194. The van der Waals surface area contributed by atoms with Crippen LogP contribution in [0.4, 0.5) is 0 Å². The lowest BCUT2D eigenvalue weighted by atomic mass is 10.8. The van der Waals surface area contributed by atoms with Gasteiger partial charge < -0.3 is 14.3 Å². The van der Waals surface area contributed by atoms with E-state index in [2.05, 4.69) is 39.3 Å². The second-order valence-electron chi connectivity index (χ2n) is 5.05. The second kappa shape index (κ2) is 9.79. The SMILES string of the molecule is C=CC[Si](C)(C)O[Si](C)(C)CC=C.OCCO. The van der Waals surface area contributed by atoms with Crippen LogP contribution in [-0.2, 0) is 4.12 Å². The number of hydrogen-bond donors (Lipinski definition) is 2. The molecule has 0 aromatic carbocycles. The number of aliphatic hydroxyl groups excluding tert-OH is 2. The molecule has 5 heteroatoms. The van der Waals surface area contributed by atoms with E-state index in [1.54, 1.807) is 0 Å². The molecule has 0 aromatic heterocycles. The van der Waals surface area contributed by atoms with Crippen molar-refractivity contribution in [2.45, 2.75) is 38.3 Å². The highest BCUT2D eigenvalue weighted by atomic mass is 28.4. The van der Waals surface area contributed by atoms with Crippen LogP contribution in [0.25, 0.3) is 0 Å². The summed E-state index contributed by atoms with van der Waals surface area (Å²) in [6.07, 6.45) is 3.95. The first-order chi connectivity index (χ1) is 7.74. The summed E-state index contributed by atoms with van der Waals surface area (Å²) in [4.78, 5) is 0. The van der Waals surface area contributed by atoms with Gasteiger partial charge in [-0.1, -0.05) is 12.2 Å². The lowest BCUT2D eigenvalue weighted by Crippen LogP contribution is -2.43. The van der Waals surface area contributed by atoms with E-state index in [1.807, 2.05) is 12.2 Å². The summed E-state index contributed by atoms with van der Waals surface area (Å²) in [5.74, 6) is 0. The third-order valence-electron chi connectivity index (χ3n) is 1.92. The predicted octanol–water partition coefficient (Wildman–Crippen LogP) is 2.76. The second-order valence-corrected chi connectivity index (χ2v) is 13.7. The maximum atomic E-state index is 7.62. The topological polar surface area (TPSA) is 49.7 Å². The van der Waals surface area contributed by atoms with Crippen molar-refractivity contribution in [1.82, 2.24) is 0 Å². The Balaban J connectivity index is 0. The molecule has 0 saturated carbocycles. The summed E-state index contributed by atoms with van der Waals surface area (Å²) < 4.78 is 6.24. The van der Waals surface area contributed by atoms with Gasteiger partial charge in [-0.2, -0.15) is 0 Å². The Morgan fingerprint density at radius 1 is 0.882 bits per heavy atom. The van der Waals surface area contributed by atoms with E-state index in [0.717, 1.165) is 12.1 Å². The first-order valence-electron chi connectivity index (χ1n) is 5.88. The number of aliphatic hydroxyl groups is 2. The standard InChI is InChI=1S/C10H22OSi2.C2H6O2/c1-7-9-12(3,4)11-13(5,6)10-8-2;3-1-2-4/h7-8H,1-2,9-10H2,3-6H3;3-4H,1-2H2. The largest absolute Gasteiger partial charge is 0.455 e. The van der Waals surface area contributed by atoms with Gasteiger partial charge in [0.25, 0.3) is 0 Å². The van der Waals surface area contributed by atoms with Crippen molar-refractivity contribution in [2.75, 3.05) is 13.2 Å². The lowest BCUT2D eigenvalue weighted by Gasteiger charge is -2.32. The third kappa shape index (κ3) is 13.7. The predicted molar refractivity (Wildman–Crippen MR) is 80.2 cm³/mol. The van der Waals surface area contributed by atoms with Gasteiger partial charge in [0.15, 0.2) is 16.6 Å². The average Bonchev–Trinajstić information content (AvgIpc) is 2.15. The maximum absolute atomic E-state index is 7.62. The van der Waals surface area contributed by atoms with Crippen LogP contribution in [0.2, 0.25) is 38.3 Å². The summed E-state index contributed by atoms with van der Waals surface area (Å²) in [5, 5.41) is 15.2. The fourth-order valence-corrected chi connectivity index (χ4v) is 9.57. The van der Waals surface area contributed by atoms with Crippen molar-refractivity contribution < 1.29 is 14.3 Å². The molecular weight excluding hydrogens is 248 g/mol. The zero-order chi connectivity index (χ0) is 13.9. The molecule has 0 unspecified atom stereocenters. The fourth-order valence-electron chi connectivity index (χ4n) is 1.53. The van der Waals surface area contributed by atoms with Crippen molar-refractivity contribution in [3.05, 3.63) is 25.3 Å². The molecule has 0 heterocycles. The Hall–Kier alpha value is -0.206. The molecule has 0 saturated heterocycles. The molecule has 0 bridgehead atoms. The first-order valence-corrected chi connectivity index (χ1v) is 12.1. The Morgan fingerprint density at radius 3 is 1.35 bits per heavy atom. The molecular formula is C12H28O3Si2. The number of allylic oxidation sites excluding steroid dienone is 2. The van der Waals surface area contributed by atoms with Crippen LogP contribution in [0.1, 0.15) is 0 Å². The smallest absolute Gasteiger partial charge is 0.177 e. The minimum absolute atomic E-state index is 0.125. The van der Waals surface area contributed by atoms with Gasteiger partial charge in [-0.25, -0.2) is 0 Å². The average molecular weight is 277 g/mol. The minimum Gasteiger partial charge on any atom is -0.455 e. The van der Waals surface area contributed by atoms with Crippen LogP contribution < -0.4 is 0 Å². The normalized spacial score (nSPS) is 11.4. The van der Waals surface area contributed by atoms with Gasteiger partial charge in [-0.3, -0.25) is 0 Å². The zero-order valence-corrected chi connectivity index (χ0v) is 13.7. The molecule has 2 N–H and O–H groups in total. The van der Waals surface area contributed by atoms with Gasteiger partial charge in [0.05, 0.1) is 13.2 Å². The highest BCUT2D eigenvalue weighted by Gasteiger charge is 2.30. The highest BCUT2D eigenvalue weighted by molar-refractivity contribution is 6.85. The molecule has 0 aliphatic rings. The van der Waals surface area contributed by atoms with Gasteiger partial charge in [0.2, 0.25) is 0 Å². The van der Waals surface area contributed by atoms with Crippen LogP contribution in [-0.4, -0.2) is 40.1 Å². The molecule has 0 aromatic rings. The van der Waals surface area contributed by atoms with Crippen LogP contribution in [0.3, 0.4) is 0 Å². The summed E-state index contributed by atoms with van der Waals surface area (Å²) in [6, 6.07) is 2.08. The van der Waals surface area contributed by atoms with E-state index >= 15 is 0 Å². The molecule has 0 aliphatic heterocycles. The van der Waals surface area contributed by atoms with Crippen LogP contribution in [0, 0.1) is 0 Å². The first kappa shape index (κ1) is 19.1. The van der Waals surface area contributed by atoms with Crippen LogP contribution >= 0.6 is 0 Å². The van der Waals surface area contributed by atoms with Gasteiger partial charge in [0.1, 0.15) is 0 Å². The van der Waals surface area contributed by atoms with Gasteiger partial charge in [-0.05, 0) is 38.3 Å². The quantitative estimate of drug-likeness (QED) is 0.555. The van der Waals surface area contributed by atoms with Gasteiger partial charge >= 0.3 is 0 Å². The van der Waals surface area contributed by atoms with Crippen molar-refractivity contribution >= 4 is 16.6 Å². The minimum atomic E-state index is -1.48. The van der Waals surface area contributed by atoms with Gasteiger partial charge in [-0.15, -0.1) is 13.2 Å². The van der Waals surface area contributed by atoms with Crippen LogP contribution in [0.5, 0.6) is 0 Å². The molecule has 0 spiro atoms. The summed E-state index contributed by atoms with van der Waals surface area (Å²) in [5.41, 5.74) is 0. The third-order valence-corrected chi connectivity index (χ3v) is 8.89. The van der Waals surface area contributed by atoms with E-state index < -0.39 is 16.6 Å². The molecule has 0 rings (SSSR count). The van der Waals surface area contributed by atoms with Crippen molar-refractivity contribution in [3.8, 4) is 0 Å². The monoisotopic (exact) mass is 276 g/mol. The molecule has 0 aliphatic carbocycles. The highest BCUT2D eigenvalue weighted by Crippen LogP contribution is 2.21. The van der Waals surface area contributed by atoms with E-state index in [4.69, 9.17) is 14.3 Å². The van der Waals surface area contributed by atoms with E-state index in [0.29, 0.717) is 0 Å². The summed E-state index contributed by atoms with van der Waals surface area (Å²) in [7, 11) is -2.96. The molecule has 0 radical (unpaired) electrons. The van der Waals surface area contributed by atoms with E-state index in [9.17, 15) is 0 Å². The Kier molecular flexibility index (Phi) is 11.0. The zero-order valence-electron chi connectivity index (χ0n) is 11.7. The molecule has 3 nitrogen and oxygen atoms in total. The molecule has 102 valence electrons. The Morgan fingerprint density at radius 2 is 1.18 bits per heavy atom. The summed E-state index contributed by atoms with van der Waals surface area (Å²) in [6.45, 7) is 16.3. The molecule has 0 amide bonds. The molecule has 0 fully saturated rings. The van der Waals surface area contributed by atoms with Gasteiger partial charge in [0, 0.05) is 0 Å². The molecule has 0 atom stereocenters.